The van der Waals surface area contributed by atoms with Gasteiger partial charge in [-0.05, 0) is 49.9 Å². The Labute approximate surface area is 107 Å². The molecule has 0 atom stereocenters. The van der Waals surface area contributed by atoms with E-state index in [2.05, 4.69) is 52.9 Å². The summed E-state index contributed by atoms with van der Waals surface area (Å²) in [5.74, 6) is 0.914. The van der Waals surface area contributed by atoms with Gasteiger partial charge in [0.15, 0.2) is 0 Å². The van der Waals surface area contributed by atoms with Crippen LogP contribution in [0, 0.1) is 12.8 Å². The Hall–Kier alpha value is -0.340. The molecule has 16 heavy (non-hydrogen) atoms. The maximum atomic E-state index is 3.69. The van der Waals surface area contributed by atoms with Gasteiger partial charge in [-0.2, -0.15) is 0 Å². The van der Waals surface area contributed by atoms with E-state index in [9.17, 15) is 0 Å². The van der Waals surface area contributed by atoms with E-state index in [1.165, 1.54) is 41.5 Å². The topological polar surface area (TPSA) is 3.24 Å². The summed E-state index contributed by atoms with van der Waals surface area (Å²) in [5, 5.41) is 0. The first-order valence-electron chi connectivity index (χ1n) is 6.13. The van der Waals surface area contributed by atoms with Crippen LogP contribution in [-0.4, -0.2) is 18.0 Å². The Morgan fingerprint density at radius 3 is 2.69 bits per heavy atom. The average Bonchev–Trinajstić information content (AvgIpc) is 2.28. The normalized spacial score (nSPS) is 18.9. The van der Waals surface area contributed by atoms with E-state index in [0.717, 1.165) is 12.5 Å². The van der Waals surface area contributed by atoms with Gasteiger partial charge in [-0.1, -0.05) is 41.1 Å². The van der Waals surface area contributed by atoms with Crippen LogP contribution in [0.4, 0.5) is 0 Å². The van der Waals surface area contributed by atoms with E-state index in [1.807, 2.05) is 0 Å². The fourth-order valence-electron chi connectivity index (χ4n) is 2.29. The fraction of sp³-hybridized carbons (Fsp3) is 0.571. The zero-order chi connectivity index (χ0) is 11.5. The zero-order valence-electron chi connectivity index (χ0n) is 10.2. The predicted octanol–water partition coefficient (Wildman–Crippen LogP) is 3.99. The van der Waals surface area contributed by atoms with Crippen molar-refractivity contribution in [3.63, 3.8) is 0 Å². The van der Waals surface area contributed by atoms with Crippen molar-refractivity contribution < 1.29 is 0 Å². The average molecular weight is 282 g/mol. The van der Waals surface area contributed by atoms with Gasteiger partial charge >= 0.3 is 0 Å². The maximum Gasteiger partial charge on any atom is 0.0249 e. The minimum Gasteiger partial charge on any atom is -0.299 e. The number of halogens is 1. The lowest BCUT2D eigenvalue weighted by atomic mass is 9.99. The molecule has 0 radical (unpaired) electrons. The van der Waals surface area contributed by atoms with Gasteiger partial charge in [0.05, 0.1) is 0 Å². The highest BCUT2D eigenvalue weighted by molar-refractivity contribution is 9.10. The van der Waals surface area contributed by atoms with Gasteiger partial charge in [0.1, 0.15) is 0 Å². The van der Waals surface area contributed by atoms with E-state index in [1.54, 1.807) is 0 Å². The molecule has 88 valence electrons. The lowest BCUT2D eigenvalue weighted by molar-refractivity contribution is 0.185. The smallest absolute Gasteiger partial charge is 0.0249 e. The van der Waals surface area contributed by atoms with E-state index in [0.29, 0.717) is 0 Å². The fourth-order valence-corrected chi connectivity index (χ4v) is 2.68. The Morgan fingerprint density at radius 2 is 2.00 bits per heavy atom. The number of nitrogens with zero attached hydrogens (tertiary/aromatic N) is 1. The molecule has 1 heterocycles. The second-order valence-electron chi connectivity index (χ2n) is 5.01. The third-order valence-corrected chi connectivity index (χ3v) is 4.68. The van der Waals surface area contributed by atoms with E-state index in [-0.39, 0.29) is 0 Å². The highest BCUT2D eigenvalue weighted by atomic mass is 79.9. The molecule has 2 rings (SSSR count). The first-order valence-corrected chi connectivity index (χ1v) is 6.92. The van der Waals surface area contributed by atoms with Crippen molar-refractivity contribution in [2.24, 2.45) is 5.92 Å². The maximum absolute atomic E-state index is 3.69. The van der Waals surface area contributed by atoms with Crippen LogP contribution in [0.2, 0.25) is 0 Å². The van der Waals surface area contributed by atoms with Gasteiger partial charge in [0, 0.05) is 11.0 Å². The number of aryl methyl sites for hydroxylation is 1. The van der Waals surface area contributed by atoms with Gasteiger partial charge in [-0.15, -0.1) is 0 Å². The largest absolute Gasteiger partial charge is 0.299 e. The van der Waals surface area contributed by atoms with Crippen molar-refractivity contribution in [2.75, 3.05) is 13.1 Å². The standard InChI is InChI=1S/C14H20BrN/c1-11-6-8-16(9-7-11)10-13-5-3-4-12(2)14(13)15/h3-5,11H,6-10H2,1-2H3. The van der Waals surface area contributed by atoms with Crippen LogP contribution in [0.15, 0.2) is 22.7 Å². The van der Waals surface area contributed by atoms with Crippen LogP contribution in [0.25, 0.3) is 0 Å². The summed E-state index contributed by atoms with van der Waals surface area (Å²) in [7, 11) is 0. The molecule has 1 aliphatic rings. The Bertz CT molecular complexity index is 354. The van der Waals surface area contributed by atoms with Crippen LogP contribution in [0.3, 0.4) is 0 Å². The van der Waals surface area contributed by atoms with Gasteiger partial charge < -0.3 is 0 Å². The van der Waals surface area contributed by atoms with Gasteiger partial charge in [-0.3, -0.25) is 4.90 Å². The van der Waals surface area contributed by atoms with Gasteiger partial charge in [0.2, 0.25) is 0 Å². The monoisotopic (exact) mass is 281 g/mol. The van der Waals surface area contributed by atoms with Crippen LogP contribution in [0.5, 0.6) is 0 Å². The van der Waals surface area contributed by atoms with Crippen LogP contribution < -0.4 is 0 Å². The van der Waals surface area contributed by atoms with Crippen LogP contribution in [-0.2, 0) is 6.54 Å². The first-order chi connectivity index (χ1) is 7.66. The molecule has 0 amide bonds. The molecule has 1 saturated heterocycles. The summed E-state index contributed by atoms with van der Waals surface area (Å²) >= 11 is 3.69. The molecule has 0 N–H and O–H groups in total. The summed E-state index contributed by atoms with van der Waals surface area (Å²) in [6, 6.07) is 6.54. The Kier molecular flexibility index (Phi) is 4.04. The summed E-state index contributed by atoms with van der Waals surface area (Å²) < 4.78 is 1.29. The molecule has 0 bridgehead atoms. The number of piperidine rings is 1. The quantitative estimate of drug-likeness (QED) is 0.792. The van der Waals surface area contributed by atoms with Gasteiger partial charge in [-0.25, -0.2) is 0 Å². The number of hydrogen-bond donors (Lipinski definition) is 0. The molecule has 0 aromatic heterocycles. The molecule has 1 aromatic rings. The summed E-state index contributed by atoms with van der Waals surface area (Å²) in [4.78, 5) is 2.57. The lowest BCUT2D eigenvalue weighted by Gasteiger charge is -2.30. The molecule has 1 aromatic carbocycles. The number of likely N-dealkylation sites (tertiary alicyclic amines) is 1. The number of benzene rings is 1. The molecule has 0 aliphatic carbocycles. The van der Waals surface area contributed by atoms with E-state index < -0.39 is 0 Å². The highest BCUT2D eigenvalue weighted by Gasteiger charge is 2.16. The molecular formula is C14H20BrN. The molecule has 1 nitrogen and oxygen atoms in total. The summed E-state index contributed by atoms with van der Waals surface area (Å²) in [5.41, 5.74) is 2.76. The SMILES string of the molecule is Cc1cccc(CN2CCC(C)CC2)c1Br. The van der Waals surface area contributed by atoms with Crippen molar-refractivity contribution in [3.05, 3.63) is 33.8 Å². The minimum absolute atomic E-state index is 0.914. The second kappa shape index (κ2) is 5.33. The van der Waals surface area contributed by atoms with Crippen LogP contribution in [0.1, 0.15) is 30.9 Å². The molecule has 0 saturated carbocycles. The molecule has 1 aliphatic heterocycles. The Morgan fingerprint density at radius 1 is 1.31 bits per heavy atom. The van der Waals surface area contributed by atoms with Crippen molar-refractivity contribution in [1.82, 2.24) is 4.90 Å². The van der Waals surface area contributed by atoms with E-state index >= 15 is 0 Å². The van der Waals surface area contributed by atoms with Gasteiger partial charge in [0.25, 0.3) is 0 Å². The van der Waals surface area contributed by atoms with Crippen molar-refractivity contribution in [3.8, 4) is 0 Å². The minimum atomic E-state index is 0.914. The van der Waals surface area contributed by atoms with Crippen molar-refractivity contribution in [1.29, 1.82) is 0 Å². The highest BCUT2D eigenvalue weighted by Crippen LogP contribution is 2.24. The van der Waals surface area contributed by atoms with Crippen molar-refractivity contribution >= 4 is 15.9 Å². The summed E-state index contributed by atoms with van der Waals surface area (Å²) in [6.07, 6.45) is 2.70. The molecule has 0 spiro atoms. The second-order valence-corrected chi connectivity index (χ2v) is 5.80. The number of hydrogen-bond acceptors (Lipinski definition) is 1. The van der Waals surface area contributed by atoms with E-state index in [4.69, 9.17) is 0 Å². The predicted molar refractivity (Wildman–Crippen MR) is 72.6 cm³/mol. The molecule has 0 unspecified atom stereocenters. The molecule has 1 fully saturated rings. The lowest BCUT2D eigenvalue weighted by Crippen LogP contribution is -2.32. The van der Waals surface area contributed by atoms with Crippen LogP contribution >= 0.6 is 15.9 Å². The zero-order valence-corrected chi connectivity index (χ0v) is 11.8. The first kappa shape index (κ1) is 12.1. The summed E-state index contributed by atoms with van der Waals surface area (Å²) in [6.45, 7) is 8.11. The molecule has 2 heteroatoms. The number of rotatable bonds is 2. The van der Waals surface area contributed by atoms with Crippen molar-refractivity contribution in [2.45, 2.75) is 33.2 Å². The Balaban J connectivity index is 2.01. The third-order valence-electron chi connectivity index (χ3n) is 3.54. The molecular weight excluding hydrogens is 262 g/mol. The third kappa shape index (κ3) is 2.86.